The maximum absolute atomic E-state index is 11.6. The fourth-order valence-corrected chi connectivity index (χ4v) is 2.11. The van der Waals surface area contributed by atoms with Crippen LogP contribution in [0.4, 0.5) is 0 Å². The van der Waals surface area contributed by atoms with Crippen LogP contribution < -0.4 is 10.1 Å². The van der Waals surface area contributed by atoms with Gasteiger partial charge in [-0.3, -0.25) is 4.79 Å². The fourth-order valence-electron chi connectivity index (χ4n) is 1.92. The quantitative estimate of drug-likeness (QED) is 0.724. The Morgan fingerprint density at radius 3 is 2.80 bits per heavy atom. The van der Waals surface area contributed by atoms with Gasteiger partial charge in [-0.2, -0.15) is 0 Å². The van der Waals surface area contributed by atoms with Crippen LogP contribution in [0.1, 0.15) is 25.7 Å². The molecule has 20 heavy (non-hydrogen) atoms. The van der Waals surface area contributed by atoms with Crippen molar-refractivity contribution in [3.63, 3.8) is 0 Å². The minimum absolute atomic E-state index is 0.00693. The first-order valence-corrected chi connectivity index (χ1v) is 7.28. The van der Waals surface area contributed by atoms with Gasteiger partial charge in [0.25, 0.3) is 0 Å². The van der Waals surface area contributed by atoms with E-state index in [0.717, 1.165) is 12.8 Å². The molecule has 1 saturated carbocycles. The van der Waals surface area contributed by atoms with Gasteiger partial charge in [0.2, 0.25) is 5.91 Å². The van der Waals surface area contributed by atoms with Gasteiger partial charge < -0.3 is 15.2 Å². The number of halogens is 1. The predicted molar refractivity (Wildman–Crippen MR) is 77.9 cm³/mol. The third kappa shape index (κ3) is 4.39. The molecule has 0 spiro atoms. The SMILES string of the molecule is O=C(CCCOc1ccccc1Cl)NCC1(CO)CC1. The number of ether oxygens (including phenoxy) is 1. The Labute approximate surface area is 124 Å². The third-order valence-corrected chi connectivity index (χ3v) is 3.91. The number of benzene rings is 1. The van der Waals surface area contributed by atoms with Crippen LogP contribution in [-0.2, 0) is 4.79 Å². The van der Waals surface area contributed by atoms with Gasteiger partial charge in [-0.05, 0) is 31.4 Å². The second-order valence-electron chi connectivity index (χ2n) is 5.32. The van der Waals surface area contributed by atoms with Crippen LogP contribution in [0.5, 0.6) is 5.75 Å². The molecular weight excluding hydrogens is 278 g/mol. The standard InChI is InChI=1S/C15H20ClNO3/c16-12-4-1-2-5-13(12)20-9-3-6-14(19)17-10-15(11-18)7-8-15/h1-2,4-5,18H,3,6-11H2,(H,17,19). The summed E-state index contributed by atoms with van der Waals surface area (Å²) in [4.78, 5) is 11.6. The van der Waals surface area contributed by atoms with Crippen LogP contribution in [0, 0.1) is 5.41 Å². The van der Waals surface area contributed by atoms with Crippen molar-refractivity contribution < 1.29 is 14.6 Å². The summed E-state index contributed by atoms with van der Waals surface area (Å²) in [5.74, 6) is 0.652. The highest BCUT2D eigenvalue weighted by atomic mass is 35.5. The second kappa shape index (κ2) is 6.95. The van der Waals surface area contributed by atoms with Crippen molar-refractivity contribution in [3.8, 4) is 5.75 Å². The summed E-state index contributed by atoms with van der Waals surface area (Å²) in [6.45, 7) is 1.19. The Kier molecular flexibility index (Phi) is 5.26. The monoisotopic (exact) mass is 297 g/mol. The maximum atomic E-state index is 11.6. The number of nitrogens with one attached hydrogen (secondary N) is 1. The number of hydrogen-bond donors (Lipinski definition) is 2. The van der Waals surface area contributed by atoms with E-state index in [4.69, 9.17) is 21.4 Å². The number of carbonyl (C=O) groups is 1. The zero-order valence-electron chi connectivity index (χ0n) is 11.4. The van der Waals surface area contributed by atoms with Crippen molar-refractivity contribution in [3.05, 3.63) is 29.3 Å². The smallest absolute Gasteiger partial charge is 0.220 e. The molecule has 5 heteroatoms. The van der Waals surface area contributed by atoms with Crippen LogP contribution in [0.15, 0.2) is 24.3 Å². The van der Waals surface area contributed by atoms with Gasteiger partial charge >= 0.3 is 0 Å². The number of para-hydroxylation sites is 1. The van der Waals surface area contributed by atoms with Crippen molar-refractivity contribution >= 4 is 17.5 Å². The molecule has 2 N–H and O–H groups in total. The highest BCUT2D eigenvalue weighted by molar-refractivity contribution is 6.32. The van der Waals surface area contributed by atoms with Crippen LogP contribution in [0.25, 0.3) is 0 Å². The van der Waals surface area contributed by atoms with Crippen molar-refractivity contribution in [1.29, 1.82) is 0 Å². The van der Waals surface area contributed by atoms with Crippen LogP contribution in [0.3, 0.4) is 0 Å². The average Bonchev–Trinajstić information content (AvgIpc) is 3.24. The fraction of sp³-hybridized carbons (Fsp3) is 0.533. The largest absolute Gasteiger partial charge is 0.492 e. The first-order chi connectivity index (χ1) is 9.65. The summed E-state index contributed by atoms with van der Waals surface area (Å²) < 4.78 is 5.51. The van der Waals surface area contributed by atoms with E-state index in [0.29, 0.717) is 36.8 Å². The summed E-state index contributed by atoms with van der Waals surface area (Å²) >= 11 is 5.96. The normalized spacial score (nSPS) is 15.7. The number of hydrogen-bond acceptors (Lipinski definition) is 3. The highest BCUT2D eigenvalue weighted by Gasteiger charge is 2.41. The molecule has 0 saturated heterocycles. The molecule has 0 bridgehead atoms. The average molecular weight is 298 g/mol. The summed E-state index contributed by atoms with van der Waals surface area (Å²) in [7, 11) is 0. The lowest BCUT2D eigenvalue weighted by atomic mass is 10.1. The molecule has 1 aliphatic carbocycles. The van der Waals surface area contributed by atoms with Gasteiger partial charge in [0, 0.05) is 18.4 Å². The van der Waals surface area contributed by atoms with Crippen LogP contribution in [-0.4, -0.2) is 30.8 Å². The molecule has 0 aliphatic heterocycles. The summed E-state index contributed by atoms with van der Waals surface area (Å²) in [6, 6.07) is 7.28. The Morgan fingerprint density at radius 1 is 1.40 bits per heavy atom. The van der Waals surface area contributed by atoms with Crippen molar-refractivity contribution in [2.75, 3.05) is 19.8 Å². The first kappa shape index (κ1) is 15.1. The lowest BCUT2D eigenvalue weighted by molar-refractivity contribution is -0.121. The van der Waals surface area contributed by atoms with E-state index in [1.54, 1.807) is 12.1 Å². The Morgan fingerprint density at radius 2 is 2.15 bits per heavy atom. The van der Waals surface area contributed by atoms with Crippen LogP contribution >= 0.6 is 11.6 Å². The minimum atomic E-state index is -0.0380. The van der Waals surface area contributed by atoms with Crippen molar-refractivity contribution in [1.82, 2.24) is 5.32 Å². The molecule has 0 aromatic heterocycles. The lowest BCUT2D eigenvalue weighted by Gasteiger charge is -2.12. The molecular formula is C15H20ClNO3. The number of amides is 1. The predicted octanol–water partition coefficient (Wildman–Crippen LogP) is 2.39. The Hall–Kier alpha value is -1.26. The van der Waals surface area contributed by atoms with E-state index in [2.05, 4.69) is 5.32 Å². The molecule has 4 nitrogen and oxygen atoms in total. The molecule has 1 aliphatic rings. The van der Waals surface area contributed by atoms with E-state index >= 15 is 0 Å². The molecule has 0 atom stereocenters. The zero-order valence-corrected chi connectivity index (χ0v) is 12.2. The van der Waals surface area contributed by atoms with Gasteiger partial charge in [-0.25, -0.2) is 0 Å². The molecule has 1 aromatic carbocycles. The number of carbonyl (C=O) groups excluding carboxylic acids is 1. The number of rotatable bonds is 8. The van der Waals surface area contributed by atoms with Gasteiger partial charge in [-0.1, -0.05) is 23.7 Å². The van der Waals surface area contributed by atoms with Gasteiger partial charge in [0.05, 0.1) is 18.2 Å². The van der Waals surface area contributed by atoms with Crippen molar-refractivity contribution in [2.24, 2.45) is 5.41 Å². The number of aliphatic hydroxyl groups excluding tert-OH is 1. The Balaban J connectivity index is 1.59. The van der Waals surface area contributed by atoms with E-state index in [-0.39, 0.29) is 17.9 Å². The maximum Gasteiger partial charge on any atom is 0.220 e. The topological polar surface area (TPSA) is 58.6 Å². The summed E-state index contributed by atoms with van der Waals surface area (Å²) in [5.41, 5.74) is -0.0380. The molecule has 0 unspecified atom stereocenters. The second-order valence-corrected chi connectivity index (χ2v) is 5.72. The van der Waals surface area contributed by atoms with Crippen molar-refractivity contribution in [2.45, 2.75) is 25.7 Å². The van der Waals surface area contributed by atoms with E-state index < -0.39 is 0 Å². The summed E-state index contributed by atoms with van der Waals surface area (Å²) in [5, 5.41) is 12.6. The van der Waals surface area contributed by atoms with E-state index in [9.17, 15) is 4.79 Å². The van der Waals surface area contributed by atoms with Gasteiger partial charge in [0.15, 0.2) is 0 Å². The van der Waals surface area contributed by atoms with Crippen LogP contribution in [0.2, 0.25) is 5.02 Å². The molecule has 1 amide bonds. The van der Waals surface area contributed by atoms with E-state index in [1.165, 1.54) is 0 Å². The van der Waals surface area contributed by atoms with E-state index in [1.807, 2.05) is 12.1 Å². The zero-order chi connectivity index (χ0) is 14.4. The minimum Gasteiger partial charge on any atom is -0.492 e. The molecule has 0 radical (unpaired) electrons. The van der Waals surface area contributed by atoms with Gasteiger partial charge in [0.1, 0.15) is 5.75 Å². The number of aliphatic hydroxyl groups is 1. The first-order valence-electron chi connectivity index (χ1n) is 6.90. The molecule has 2 rings (SSSR count). The third-order valence-electron chi connectivity index (χ3n) is 3.60. The Bertz CT molecular complexity index is 460. The molecule has 1 aromatic rings. The lowest BCUT2D eigenvalue weighted by Crippen LogP contribution is -2.31. The van der Waals surface area contributed by atoms with Gasteiger partial charge in [-0.15, -0.1) is 0 Å². The highest BCUT2D eigenvalue weighted by Crippen LogP contribution is 2.44. The molecule has 1 fully saturated rings. The molecule has 110 valence electrons. The molecule has 0 heterocycles. The summed E-state index contributed by atoms with van der Waals surface area (Å²) in [6.07, 6.45) is 3.06.